The number of carbonyl (C=O) groups excluding carboxylic acids is 2. The number of hydrogen-bond donors (Lipinski definition) is 1. The number of methoxy groups -OCH3 is 1. The van der Waals surface area contributed by atoms with Crippen LogP contribution in [0.5, 0.6) is 5.75 Å². The monoisotopic (exact) mass is 438 g/mol. The van der Waals surface area contributed by atoms with Gasteiger partial charge in [-0.25, -0.2) is 4.98 Å². The number of aromatic nitrogens is 2. The standard InChI is InChI=1S/C23H26N4O3S/c1-16-7-6-9-18(17(16)2)27-14-12-25-23(27)31-15-22(29)26(13-11-21(24)28)19-8-4-5-10-20(19)30-3/h4-10,12,14H,11,13,15H2,1-3H3,(H2,24,28). The first-order chi connectivity index (χ1) is 14.9. The molecule has 1 aromatic heterocycles. The molecule has 3 aromatic rings. The number of thioether (sulfide) groups is 1. The highest BCUT2D eigenvalue weighted by Gasteiger charge is 2.21. The minimum absolute atomic E-state index is 0.0611. The van der Waals surface area contributed by atoms with E-state index in [1.165, 1.54) is 17.3 Å². The van der Waals surface area contributed by atoms with Crippen molar-refractivity contribution < 1.29 is 14.3 Å². The molecule has 0 spiro atoms. The fourth-order valence-corrected chi connectivity index (χ4v) is 4.08. The number of aryl methyl sites for hydroxylation is 1. The number of para-hydroxylation sites is 2. The average Bonchev–Trinajstić information content (AvgIpc) is 3.22. The van der Waals surface area contributed by atoms with E-state index in [9.17, 15) is 9.59 Å². The minimum Gasteiger partial charge on any atom is -0.495 e. The zero-order chi connectivity index (χ0) is 22.4. The van der Waals surface area contributed by atoms with E-state index in [0.29, 0.717) is 11.4 Å². The second-order valence-corrected chi connectivity index (χ2v) is 7.96. The molecule has 0 radical (unpaired) electrons. The molecule has 0 aliphatic rings. The van der Waals surface area contributed by atoms with E-state index in [1.54, 1.807) is 30.3 Å². The van der Waals surface area contributed by atoms with Crippen molar-refractivity contribution in [1.82, 2.24) is 9.55 Å². The van der Waals surface area contributed by atoms with Crippen LogP contribution in [-0.2, 0) is 9.59 Å². The Morgan fingerprint density at radius 1 is 1.16 bits per heavy atom. The zero-order valence-electron chi connectivity index (χ0n) is 17.9. The fraction of sp³-hybridized carbons (Fsp3) is 0.261. The Balaban J connectivity index is 1.81. The van der Waals surface area contributed by atoms with Crippen molar-refractivity contribution in [2.45, 2.75) is 25.4 Å². The van der Waals surface area contributed by atoms with Crippen molar-refractivity contribution in [3.63, 3.8) is 0 Å². The van der Waals surface area contributed by atoms with Crippen molar-refractivity contribution in [2.75, 3.05) is 24.3 Å². The van der Waals surface area contributed by atoms with Crippen LogP contribution in [0.4, 0.5) is 5.69 Å². The van der Waals surface area contributed by atoms with Gasteiger partial charge >= 0.3 is 0 Å². The summed E-state index contributed by atoms with van der Waals surface area (Å²) < 4.78 is 7.38. The number of nitrogens with two attached hydrogens (primary N) is 1. The largest absolute Gasteiger partial charge is 0.495 e. The van der Waals surface area contributed by atoms with Crippen molar-refractivity contribution >= 4 is 29.3 Å². The number of ether oxygens (including phenoxy) is 1. The van der Waals surface area contributed by atoms with Crippen molar-refractivity contribution in [1.29, 1.82) is 0 Å². The maximum absolute atomic E-state index is 13.1. The summed E-state index contributed by atoms with van der Waals surface area (Å²) in [5.74, 6) is 0.0814. The molecule has 0 bridgehead atoms. The van der Waals surface area contributed by atoms with E-state index in [2.05, 4.69) is 24.9 Å². The summed E-state index contributed by atoms with van der Waals surface area (Å²) in [6.07, 6.45) is 3.67. The first-order valence-corrected chi connectivity index (χ1v) is 10.9. The number of primary amides is 1. The molecule has 0 unspecified atom stereocenters. The van der Waals surface area contributed by atoms with Gasteiger partial charge in [0.05, 0.1) is 24.2 Å². The molecule has 0 atom stereocenters. The maximum atomic E-state index is 13.1. The minimum atomic E-state index is -0.467. The topological polar surface area (TPSA) is 90.4 Å². The predicted octanol–water partition coefficient (Wildman–Crippen LogP) is 3.50. The van der Waals surface area contributed by atoms with Crippen molar-refractivity contribution in [3.8, 4) is 11.4 Å². The summed E-state index contributed by atoms with van der Waals surface area (Å²) >= 11 is 1.35. The lowest BCUT2D eigenvalue weighted by Gasteiger charge is -2.24. The molecule has 7 nitrogen and oxygen atoms in total. The molecule has 2 aromatic carbocycles. The first-order valence-electron chi connectivity index (χ1n) is 9.86. The van der Waals surface area contributed by atoms with Gasteiger partial charge in [-0.05, 0) is 43.2 Å². The molecular weight excluding hydrogens is 412 g/mol. The van der Waals surface area contributed by atoms with Gasteiger partial charge in [0.2, 0.25) is 11.8 Å². The summed E-state index contributed by atoms with van der Waals surface area (Å²) in [4.78, 5) is 30.5. The average molecular weight is 439 g/mol. The SMILES string of the molecule is COc1ccccc1N(CCC(N)=O)C(=O)CSc1nccn1-c1cccc(C)c1C. The molecule has 2 amide bonds. The molecule has 1 heterocycles. The van der Waals surface area contributed by atoms with Crippen LogP contribution in [-0.4, -0.2) is 40.8 Å². The summed E-state index contributed by atoms with van der Waals surface area (Å²) in [7, 11) is 1.55. The Hall–Kier alpha value is -3.26. The Bertz CT molecular complexity index is 1080. The second kappa shape index (κ2) is 10.2. The van der Waals surface area contributed by atoms with E-state index < -0.39 is 5.91 Å². The number of amides is 2. The van der Waals surface area contributed by atoms with Crippen LogP contribution in [0.25, 0.3) is 5.69 Å². The Morgan fingerprint density at radius 2 is 1.94 bits per heavy atom. The summed E-state index contributed by atoms with van der Waals surface area (Å²) in [5, 5.41) is 0.719. The lowest BCUT2D eigenvalue weighted by molar-refractivity contribution is -0.118. The quantitative estimate of drug-likeness (QED) is 0.517. The summed E-state index contributed by atoms with van der Waals surface area (Å²) in [6, 6.07) is 13.3. The number of imidazole rings is 1. The molecule has 0 aliphatic carbocycles. The molecule has 0 aliphatic heterocycles. The third-order valence-electron chi connectivity index (χ3n) is 5.03. The van der Waals surface area contributed by atoms with E-state index in [0.717, 1.165) is 16.4 Å². The first kappa shape index (κ1) is 22.4. The van der Waals surface area contributed by atoms with Gasteiger partial charge in [0.25, 0.3) is 0 Å². The number of benzene rings is 2. The van der Waals surface area contributed by atoms with Gasteiger partial charge < -0.3 is 15.4 Å². The van der Waals surface area contributed by atoms with Crippen LogP contribution in [0, 0.1) is 13.8 Å². The number of rotatable bonds is 9. The second-order valence-electron chi connectivity index (χ2n) is 7.02. The maximum Gasteiger partial charge on any atom is 0.237 e. The third-order valence-corrected chi connectivity index (χ3v) is 5.98. The highest BCUT2D eigenvalue weighted by molar-refractivity contribution is 7.99. The molecule has 8 heteroatoms. The predicted molar refractivity (Wildman–Crippen MR) is 123 cm³/mol. The van der Waals surface area contributed by atoms with Gasteiger partial charge in [-0.15, -0.1) is 0 Å². The molecule has 31 heavy (non-hydrogen) atoms. The Labute approximate surface area is 186 Å². The fourth-order valence-electron chi connectivity index (χ4n) is 3.23. The Morgan fingerprint density at radius 3 is 2.68 bits per heavy atom. The van der Waals surface area contributed by atoms with Crippen LogP contribution in [0.3, 0.4) is 0 Å². The molecular formula is C23H26N4O3S. The van der Waals surface area contributed by atoms with E-state index in [-0.39, 0.29) is 24.6 Å². The van der Waals surface area contributed by atoms with Crippen LogP contribution < -0.4 is 15.4 Å². The van der Waals surface area contributed by atoms with E-state index in [1.807, 2.05) is 35.0 Å². The summed E-state index contributed by atoms with van der Waals surface area (Å²) in [5.41, 5.74) is 9.31. The highest BCUT2D eigenvalue weighted by atomic mass is 32.2. The van der Waals surface area contributed by atoms with Gasteiger partial charge in [-0.3, -0.25) is 14.2 Å². The van der Waals surface area contributed by atoms with Crippen LogP contribution in [0.15, 0.2) is 60.0 Å². The number of anilines is 1. The van der Waals surface area contributed by atoms with Crippen LogP contribution in [0.2, 0.25) is 0 Å². The van der Waals surface area contributed by atoms with Crippen LogP contribution in [0.1, 0.15) is 17.5 Å². The van der Waals surface area contributed by atoms with Gasteiger partial charge in [-0.2, -0.15) is 0 Å². The van der Waals surface area contributed by atoms with Gasteiger partial charge in [0, 0.05) is 25.4 Å². The number of hydrogen-bond acceptors (Lipinski definition) is 5. The number of carbonyl (C=O) groups is 2. The smallest absolute Gasteiger partial charge is 0.237 e. The normalized spacial score (nSPS) is 10.7. The third kappa shape index (κ3) is 5.27. The molecule has 0 saturated carbocycles. The molecule has 162 valence electrons. The lowest BCUT2D eigenvalue weighted by atomic mass is 10.1. The lowest BCUT2D eigenvalue weighted by Crippen LogP contribution is -2.35. The highest BCUT2D eigenvalue weighted by Crippen LogP contribution is 2.30. The van der Waals surface area contributed by atoms with Crippen molar-refractivity contribution in [3.05, 3.63) is 66.0 Å². The van der Waals surface area contributed by atoms with Gasteiger partial charge in [0.1, 0.15) is 5.75 Å². The molecule has 0 saturated heterocycles. The van der Waals surface area contributed by atoms with Gasteiger partial charge in [-0.1, -0.05) is 36.0 Å². The van der Waals surface area contributed by atoms with E-state index in [4.69, 9.17) is 10.5 Å². The summed E-state index contributed by atoms with van der Waals surface area (Å²) in [6.45, 7) is 4.31. The molecule has 2 N–H and O–H groups in total. The Kier molecular flexibility index (Phi) is 7.36. The molecule has 0 fully saturated rings. The number of nitrogens with zero attached hydrogens (tertiary/aromatic N) is 3. The van der Waals surface area contributed by atoms with Gasteiger partial charge in [0.15, 0.2) is 5.16 Å². The molecule has 3 rings (SSSR count). The van der Waals surface area contributed by atoms with Crippen LogP contribution >= 0.6 is 11.8 Å². The van der Waals surface area contributed by atoms with E-state index >= 15 is 0 Å². The zero-order valence-corrected chi connectivity index (χ0v) is 18.7. The van der Waals surface area contributed by atoms with Crippen molar-refractivity contribution in [2.24, 2.45) is 5.73 Å².